The molecular formula is C24H29N2S2+. The lowest BCUT2D eigenvalue weighted by Crippen LogP contribution is -2.33. The summed E-state index contributed by atoms with van der Waals surface area (Å²) in [7, 11) is 0. The Hall–Kier alpha value is -1.62. The largest absolute Gasteiger partial charge is 0.309 e. The number of nitrogens with zero attached hydrogens (tertiary/aromatic N) is 1. The second-order valence-electron chi connectivity index (χ2n) is 7.24. The summed E-state index contributed by atoms with van der Waals surface area (Å²) in [6.07, 6.45) is 4.69. The molecule has 2 unspecified atom stereocenters. The molecule has 2 aromatic carbocycles. The number of thioether (sulfide) groups is 1. The van der Waals surface area contributed by atoms with E-state index in [4.69, 9.17) is 0 Å². The number of hydrogen-bond donors (Lipinski definition) is 1. The highest BCUT2D eigenvalue weighted by Crippen LogP contribution is 2.46. The molecule has 0 amide bonds. The highest BCUT2D eigenvalue weighted by atomic mass is 32.2. The molecule has 28 heavy (non-hydrogen) atoms. The van der Waals surface area contributed by atoms with Gasteiger partial charge in [0, 0.05) is 28.3 Å². The lowest BCUT2D eigenvalue weighted by molar-refractivity contribution is -0.665. The molecule has 1 aliphatic heterocycles. The quantitative estimate of drug-likeness (QED) is 0.466. The summed E-state index contributed by atoms with van der Waals surface area (Å²) in [6.45, 7) is 8.77. The van der Waals surface area contributed by atoms with Gasteiger partial charge in [-0.15, -0.1) is 11.8 Å². The van der Waals surface area contributed by atoms with Crippen LogP contribution in [0.2, 0.25) is 0 Å². The van der Waals surface area contributed by atoms with Gasteiger partial charge in [-0.05, 0) is 44.0 Å². The maximum absolute atomic E-state index is 3.74. The van der Waals surface area contributed by atoms with Gasteiger partial charge in [-0.1, -0.05) is 61.1 Å². The number of aryl methyl sites for hydroxylation is 1. The summed E-state index contributed by atoms with van der Waals surface area (Å²) in [5.41, 5.74) is 4.37. The van der Waals surface area contributed by atoms with Crippen LogP contribution in [0.3, 0.4) is 0 Å². The van der Waals surface area contributed by atoms with Gasteiger partial charge >= 0.3 is 0 Å². The molecule has 0 fully saturated rings. The summed E-state index contributed by atoms with van der Waals surface area (Å²) < 4.78 is 3.83. The zero-order valence-electron chi connectivity index (χ0n) is 16.9. The predicted molar refractivity (Wildman–Crippen MR) is 123 cm³/mol. The zero-order chi connectivity index (χ0) is 19.5. The molecule has 0 bridgehead atoms. The highest BCUT2D eigenvalue weighted by molar-refractivity contribution is 8.00. The summed E-state index contributed by atoms with van der Waals surface area (Å²) in [6, 6.07) is 18.1. The van der Waals surface area contributed by atoms with Gasteiger partial charge < -0.3 is 5.32 Å². The number of rotatable bonds is 7. The SMILES string of the molecule is CCNC1c2ccccc2SC1CC(=Cc1sc2ccccc2[n+]1CC)CC. The van der Waals surface area contributed by atoms with E-state index in [2.05, 4.69) is 85.3 Å². The van der Waals surface area contributed by atoms with Gasteiger partial charge in [-0.25, -0.2) is 0 Å². The first-order valence-corrected chi connectivity index (χ1v) is 12.0. The third kappa shape index (κ3) is 3.78. The number of fused-ring (bicyclic) bond motifs is 2. The molecule has 0 aliphatic carbocycles. The van der Waals surface area contributed by atoms with Crippen molar-refractivity contribution in [2.24, 2.45) is 0 Å². The first-order chi connectivity index (χ1) is 13.7. The van der Waals surface area contributed by atoms with Crippen molar-refractivity contribution in [2.45, 2.75) is 56.3 Å². The monoisotopic (exact) mass is 409 g/mol. The summed E-state index contributed by atoms with van der Waals surface area (Å²) in [5.74, 6) is 0. The van der Waals surface area contributed by atoms with Gasteiger partial charge in [-0.2, -0.15) is 4.57 Å². The van der Waals surface area contributed by atoms with E-state index in [1.807, 2.05) is 23.1 Å². The molecule has 1 aliphatic rings. The Labute approximate surface area is 176 Å². The van der Waals surface area contributed by atoms with Crippen molar-refractivity contribution < 1.29 is 4.57 Å². The van der Waals surface area contributed by atoms with Crippen LogP contribution in [0.15, 0.2) is 59.0 Å². The van der Waals surface area contributed by atoms with Crippen LogP contribution >= 0.6 is 23.1 Å². The molecule has 2 atom stereocenters. The fraction of sp³-hybridized carbons (Fsp3) is 0.375. The molecule has 2 heterocycles. The third-order valence-corrected chi connectivity index (χ3v) is 8.01. The van der Waals surface area contributed by atoms with Crippen LogP contribution in [-0.4, -0.2) is 11.8 Å². The number of para-hydroxylation sites is 1. The van der Waals surface area contributed by atoms with Crippen molar-refractivity contribution in [3.05, 3.63) is 64.7 Å². The first kappa shape index (κ1) is 19.7. The minimum atomic E-state index is 0.446. The number of aromatic nitrogens is 1. The minimum Gasteiger partial charge on any atom is -0.309 e. The van der Waals surface area contributed by atoms with Crippen LogP contribution in [0.4, 0.5) is 0 Å². The van der Waals surface area contributed by atoms with Gasteiger partial charge in [0.1, 0.15) is 11.2 Å². The first-order valence-electron chi connectivity index (χ1n) is 10.3. The Balaban J connectivity index is 1.63. The number of allylic oxidation sites excluding steroid dienone is 1. The van der Waals surface area contributed by atoms with Crippen LogP contribution in [0, 0.1) is 0 Å². The van der Waals surface area contributed by atoms with E-state index in [9.17, 15) is 0 Å². The van der Waals surface area contributed by atoms with E-state index in [1.54, 1.807) is 5.57 Å². The fourth-order valence-electron chi connectivity index (χ4n) is 4.12. The van der Waals surface area contributed by atoms with Gasteiger partial charge in [0.15, 0.2) is 0 Å². The van der Waals surface area contributed by atoms with Crippen molar-refractivity contribution >= 4 is 39.4 Å². The molecule has 146 valence electrons. The average molecular weight is 410 g/mol. The smallest absolute Gasteiger partial charge is 0.262 e. The Morgan fingerprint density at radius 2 is 1.86 bits per heavy atom. The summed E-state index contributed by atoms with van der Waals surface area (Å²) in [4.78, 5) is 1.44. The normalized spacial score (nSPS) is 19.3. The van der Waals surface area contributed by atoms with E-state index in [-0.39, 0.29) is 0 Å². The Kier molecular flexibility index (Phi) is 6.19. The van der Waals surface area contributed by atoms with Crippen molar-refractivity contribution in [1.29, 1.82) is 0 Å². The molecule has 1 aromatic heterocycles. The highest BCUT2D eigenvalue weighted by Gasteiger charge is 2.33. The minimum absolute atomic E-state index is 0.446. The molecule has 0 saturated carbocycles. The van der Waals surface area contributed by atoms with E-state index < -0.39 is 0 Å². The van der Waals surface area contributed by atoms with Gasteiger partial charge in [0.2, 0.25) is 5.52 Å². The standard InChI is InChI=1S/C24H29N2S2/c1-4-17(16-23-26(6-3)19-12-8-10-14-21(19)28-23)15-22-24(25-5-2)18-11-7-9-13-20(18)27-22/h7-14,16,22,24-25H,4-6,15H2,1-3H3/q+1. The van der Waals surface area contributed by atoms with Crippen LogP contribution in [0.1, 0.15) is 50.2 Å². The van der Waals surface area contributed by atoms with E-state index in [1.165, 1.54) is 25.7 Å². The number of hydrogen-bond acceptors (Lipinski definition) is 3. The molecule has 3 aromatic rings. The van der Waals surface area contributed by atoms with Crippen molar-refractivity contribution in [3.63, 3.8) is 0 Å². The Morgan fingerprint density at radius 1 is 1.07 bits per heavy atom. The zero-order valence-corrected chi connectivity index (χ0v) is 18.6. The second kappa shape index (κ2) is 8.81. The lowest BCUT2D eigenvalue weighted by Gasteiger charge is -2.21. The van der Waals surface area contributed by atoms with Crippen molar-refractivity contribution in [1.82, 2.24) is 5.32 Å². The van der Waals surface area contributed by atoms with E-state index in [0.717, 1.165) is 25.9 Å². The number of nitrogens with one attached hydrogen (secondary N) is 1. The molecular weight excluding hydrogens is 380 g/mol. The van der Waals surface area contributed by atoms with Crippen LogP contribution in [0.5, 0.6) is 0 Å². The number of thiazole rings is 1. The maximum Gasteiger partial charge on any atom is 0.262 e. The fourth-order valence-corrected chi connectivity index (χ4v) is 6.83. The third-order valence-electron chi connectivity index (χ3n) is 5.53. The van der Waals surface area contributed by atoms with Gasteiger partial charge in [0.05, 0.1) is 0 Å². The van der Waals surface area contributed by atoms with Crippen molar-refractivity contribution in [3.8, 4) is 0 Å². The molecule has 1 N–H and O–H groups in total. The van der Waals surface area contributed by atoms with Crippen molar-refractivity contribution in [2.75, 3.05) is 6.54 Å². The van der Waals surface area contributed by atoms with Gasteiger partial charge in [0.25, 0.3) is 5.01 Å². The Morgan fingerprint density at radius 3 is 2.64 bits per heavy atom. The van der Waals surface area contributed by atoms with Gasteiger partial charge in [-0.3, -0.25) is 0 Å². The second-order valence-corrected chi connectivity index (χ2v) is 9.59. The molecule has 2 nitrogen and oxygen atoms in total. The summed E-state index contributed by atoms with van der Waals surface area (Å²) >= 11 is 3.96. The van der Waals surface area contributed by atoms with Crippen LogP contribution < -0.4 is 9.88 Å². The topological polar surface area (TPSA) is 15.9 Å². The lowest BCUT2D eigenvalue weighted by atomic mass is 9.97. The average Bonchev–Trinajstić information content (AvgIpc) is 3.25. The van der Waals surface area contributed by atoms with Crippen LogP contribution in [-0.2, 0) is 6.54 Å². The molecule has 4 rings (SSSR count). The van der Waals surface area contributed by atoms with Crippen LogP contribution in [0.25, 0.3) is 16.3 Å². The number of benzene rings is 2. The van der Waals surface area contributed by atoms with E-state index in [0.29, 0.717) is 11.3 Å². The molecule has 0 radical (unpaired) electrons. The Bertz CT molecular complexity index is 989. The summed E-state index contributed by atoms with van der Waals surface area (Å²) in [5, 5.41) is 5.68. The predicted octanol–water partition coefficient (Wildman–Crippen LogP) is 6.22. The van der Waals surface area contributed by atoms with E-state index >= 15 is 0 Å². The maximum atomic E-state index is 3.74. The molecule has 0 spiro atoms. The molecule has 0 saturated heterocycles. The molecule has 4 heteroatoms.